The molecule has 0 spiro atoms. The lowest BCUT2D eigenvalue weighted by atomic mass is 10.1. The second-order valence-corrected chi connectivity index (χ2v) is 4.60. The fraction of sp³-hybridized carbons (Fsp3) is 0.0714. The molecule has 2 rings (SSSR count). The fourth-order valence-corrected chi connectivity index (χ4v) is 2.01. The van der Waals surface area contributed by atoms with Crippen molar-refractivity contribution >= 4 is 28.9 Å². The normalized spacial score (nSPS) is 10.1. The average Bonchev–Trinajstić information content (AvgIpc) is 2.43. The van der Waals surface area contributed by atoms with Gasteiger partial charge in [-0.25, -0.2) is 0 Å². The molecule has 5 nitrogen and oxygen atoms in total. The van der Waals surface area contributed by atoms with Gasteiger partial charge < -0.3 is 5.32 Å². The molecule has 0 fully saturated rings. The van der Waals surface area contributed by atoms with E-state index in [9.17, 15) is 14.9 Å². The Hall–Kier alpha value is -2.40. The Kier molecular flexibility index (Phi) is 4.00. The van der Waals surface area contributed by atoms with E-state index in [0.29, 0.717) is 10.7 Å². The van der Waals surface area contributed by atoms with Crippen molar-refractivity contribution in [2.45, 2.75) is 6.92 Å². The Morgan fingerprint density at radius 1 is 1.25 bits per heavy atom. The van der Waals surface area contributed by atoms with E-state index in [4.69, 9.17) is 11.6 Å². The van der Waals surface area contributed by atoms with Crippen LogP contribution in [0.4, 0.5) is 11.4 Å². The third-order valence-corrected chi connectivity index (χ3v) is 3.09. The van der Waals surface area contributed by atoms with Gasteiger partial charge in [0.15, 0.2) is 0 Å². The summed E-state index contributed by atoms with van der Waals surface area (Å²) in [5, 5.41) is 13.8. The number of nitrogens with zero attached hydrogens (tertiary/aromatic N) is 1. The van der Waals surface area contributed by atoms with E-state index < -0.39 is 10.8 Å². The number of para-hydroxylation sites is 1. The Morgan fingerprint density at radius 2 is 1.95 bits per heavy atom. The molecule has 0 aliphatic carbocycles. The summed E-state index contributed by atoms with van der Waals surface area (Å²) < 4.78 is 0. The van der Waals surface area contributed by atoms with Gasteiger partial charge in [0.1, 0.15) is 0 Å². The summed E-state index contributed by atoms with van der Waals surface area (Å²) in [5.74, 6) is -0.440. The highest BCUT2D eigenvalue weighted by Gasteiger charge is 2.13. The molecule has 0 heterocycles. The number of non-ortho nitro benzene ring substituents is 1. The maximum absolute atomic E-state index is 12.1. The summed E-state index contributed by atoms with van der Waals surface area (Å²) in [6.45, 7) is 1.81. The zero-order chi connectivity index (χ0) is 14.7. The van der Waals surface area contributed by atoms with Crippen molar-refractivity contribution in [1.82, 2.24) is 0 Å². The molecule has 0 aliphatic rings. The minimum Gasteiger partial charge on any atom is -0.320 e. The van der Waals surface area contributed by atoms with E-state index in [-0.39, 0.29) is 11.3 Å². The predicted octanol–water partition coefficient (Wildman–Crippen LogP) is 3.81. The van der Waals surface area contributed by atoms with Crippen molar-refractivity contribution in [3.8, 4) is 0 Å². The van der Waals surface area contributed by atoms with Crippen molar-refractivity contribution in [3.05, 3.63) is 68.7 Å². The maximum Gasteiger partial charge on any atom is 0.270 e. The van der Waals surface area contributed by atoms with Crippen LogP contribution in [0.5, 0.6) is 0 Å². The van der Waals surface area contributed by atoms with Crippen molar-refractivity contribution in [2.75, 3.05) is 5.32 Å². The van der Waals surface area contributed by atoms with Crippen LogP contribution < -0.4 is 5.32 Å². The van der Waals surface area contributed by atoms with Gasteiger partial charge in [-0.3, -0.25) is 14.9 Å². The number of amides is 1. The molecule has 2 aromatic carbocycles. The molecular weight excluding hydrogens is 280 g/mol. The van der Waals surface area contributed by atoms with E-state index in [1.807, 2.05) is 13.0 Å². The lowest BCUT2D eigenvalue weighted by molar-refractivity contribution is -0.384. The SMILES string of the molecule is Cc1cccc(Cl)c1NC(=O)c1cccc([N+](=O)[O-])c1. The number of nitro benzene ring substituents is 1. The van der Waals surface area contributed by atoms with E-state index >= 15 is 0 Å². The molecule has 102 valence electrons. The van der Waals surface area contributed by atoms with Crippen LogP contribution in [-0.4, -0.2) is 10.8 Å². The molecule has 6 heteroatoms. The van der Waals surface area contributed by atoms with Crippen LogP contribution >= 0.6 is 11.6 Å². The number of rotatable bonds is 3. The number of carbonyl (C=O) groups is 1. The Labute approximate surface area is 120 Å². The number of hydrogen-bond donors (Lipinski definition) is 1. The van der Waals surface area contributed by atoms with E-state index in [2.05, 4.69) is 5.32 Å². The maximum atomic E-state index is 12.1. The molecule has 0 atom stereocenters. The summed E-state index contributed by atoms with van der Waals surface area (Å²) >= 11 is 6.02. The van der Waals surface area contributed by atoms with Crippen LogP contribution in [0.1, 0.15) is 15.9 Å². The predicted molar refractivity (Wildman–Crippen MR) is 77.2 cm³/mol. The minimum absolute atomic E-state index is 0.131. The third kappa shape index (κ3) is 2.95. The van der Waals surface area contributed by atoms with Gasteiger partial charge in [0.05, 0.1) is 15.6 Å². The topological polar surface area (TPSA) is 72.2 Å². The summed E-state index contributed by atoms with van der Waals surface area (Å²) in [6.07, 6.45) is 0. The number of halogens is 1. The number of carbonyl (C=O) groups excluding carboxylic acids is 1. The molecule has 1 amide bonds. The molecule has 2 aromatic rings. The number of aryl methyl sites for hydroxylation is 1. The first-order valence-corrected chi connectivity index (χ1v) is 6.18. The van der Waals surface area contributed by atoms with Crippen molar-refractivity contribution in [2.24, 2.45) is 0 Å². The first-order chi connectivity index (χ1) is 9.49. The largest absolute Gasteiger partial charge is 0.320 e. The van der Waals surface area contributed by atoms with Crippen LogP contribution in [0.2, 0.25) is 5.02 Å². The number of nitrogens with one attached hydrogen (secondary N) is 1. The number of anilines is 1. The molecule has 20 heavy (non-hydrogen) atoms. The quantitative estimate of drug-likeness (QED) is 0.690. The third-order valence-electron chi connectivity index (χ3n) is 2.78. The Morgan fingerprint density at radius 3 is 2.60 bits per heavy atom. The second kappa shape index (κ2) is 5.71. The Balaban J connectivity index is 2.29. The van der Waals surface area contributed by atoms with Gasteiger partial charge in [-0.2, -0.15) is 0 Å². The standard InChI is InChI=1S/C14H11ClN2O3/c1-9-4-2-7-12(15)13(9)16-14(18)10-5-3-6-11(8-10)17(19)20/h2-8H,1H3,(H,16,18). The molecule has 0 aromatic heterocycles. The van der Waals surface area contributed by atoms with Gasteiger partial charge in [-0.1, -0.05) is 29.8 Å². The van der Waals surface area contributed by atoms with Crippen LogP contribution in [0, 0.1) is 17.0 Å². The molecule has 0 radical (unpaired) electrons. The van der Waals surface area contributed by atoms with Crippen LogP contribution in [0.3, 0.4) is 0 Å². The highest BCUT2D eigenvalue weighted by Crippen LogP contribution is 2.26. The van der Waals surface area contributed by atoms with E-state index in [0.717, 1.165) is 5.56 Å². The van der Waals surface area contributed by atoms with Crippen LogP contribution in [-0.2, 0) is 0 Å². The van der Waals surface area contributed by atoms with Crippen molar-refractivity contribution < 1.29 is 9.72 Å². The fourth-order valence-electron chi connectivity index (χ4n) is 1.74. The molecule has 1 N–H and O–H groups in total. The highest BCUT2D eigenvalue weighted by atomic mass is 35.5. The Bertz CT molecular complexity index is 666. The smallest absolute Gasteiger partial charge is 0.270 e. The number of hydrogen-bond acceptors (Lipinski definition) is 3. The van der Waals surface area contributed by atoms with Crippen LogP contribution in [0.25, 0.3) is 0 Å². The molecular formula is C14H11ClN2O3. The van der Waals surface area contributed by atoms with Gasteiger partial charge in [-0.05, 0) is 24.6 Å². The lowest BCUT2D eigenvalue weighted by Gasteiger charge is -2.10. The van der Waals surface area contributed by atoms with Gasteiger partial charge in [-0.15, -0.1) is 0 Å². The monoisotopic (exact) mass is 290 g/mol. The number of benzene rings is 2. The van der Waals surface area contributed by atoms with Crippen molar-refractivity contribution in [1.29, 1.82) is 0 Å². The van der Waals surface area contributed by atoms with Crippen molar-refractivity contribution in [3.63, 3.8) is 0 Å². The highest BCUT2D eigenvalue weighted by molar-refractivity contribution is 6.34. The second-order valence-electron chi connectivity index (χ2n) is 4.19. The summed E-state index contributed by atoms with van der Waals surface area (Å²) in [5.41, 5.74) is 1.40. The number of nitro groups is 1. The summed E-state index contributed by atoms with van der Waals surface area (Å²) in [7, 11) is 0. The summed E-state index contributed by atoms with van der Waals surface area (Å²) in [4.78, 5) is 22.3. The van der Waals surface area contributed by atoms with Gasteiger partial charge in [0.25, 0.3) is 11.6 Å². The van der Waals surface area contributed by atoms with E-state index in [1.165, 1.54) is 24.3 Å². The molecule has 0 bridgehead atoms. The zero-order valence-corrected chi connectivity index (χ0v) is 11.3. The minimum atomic E-state index is -0.544. The van der Waals surface area contributed by atoms with Gasteiger partial charge in [0, 0.05) is 17.7 Å². The molecule has 0 saturated heterocycles. The average molecular weight is 291 g/mol. The molecule has 0 unspecified atom stereocenters. The molecule has 0 aliphatic heterocycles. The van der Waals surface area contributed by atoms with Gasteiger partial charge >= 0.3 is 0 Å². The van der Waals surface area contributed by atoms with Crippen LogP contribution in [0.15, 0.2) is 42.5 Å². The first kappa shape index (κ1) is 14.0. The lowest BCUT2D eigenvalue weighted by Crippen LogP contribution is -2.13. The first-order valence-electron chi connectivity index (χ1n) is 5.80. The molecule has 0 saturated carbocycles. The van der Waals surface area contributed by atoms with E-state index in [1.54, 1.807) is 12.1 Å². The van der Waals surface area contributed by atoms with Gasteiger partial charge in [0.2, 0.25) is 0 Å². The summed E-state index contributed by atoms with van der Waals surface area (Å²) in [6, 6.07) is 10.8. The zero-order valence-electron chi connectivity index (χ0n) is 10.6.